The summed E-state index contributed by atoms with van der Waals surface area (Å²) in [7, 11) is 0. The predicted octanol–water partition coefficient (Wildman–Crippen LogP) is 3.91. The Morgan fingerprint density at radius 2 is 2.00 bits per heavy atom. The highest BCUT2D eigenvalue weighted by molar-refractivity contribution is 6.36. The third-order valence-corrected chi connectivity index (χ3v) is 3.06. The second-order valence-corrected chi connectivity index (χ2v) is 5.16. The van der Waals surface area contributed by atoms with Crippen LogP contribution in [0, 0.1) is 0 Å². The predicted molar refractivity (Wildman–Crippen MR) is 68.3 cm³/mol. The van der Waals surface area contributed by atoms with Gasteiger partial charge in [0.05, 0.1) is 10.6 Å². The van der Waals surface area contributed by atoms with E-state index in [4.69, 9.17) is 23.2 Å². The molecule has 0 aliphatic carbocycles. The van der Waals surface area contributed by atoms with E-state index in [1.54, 1.807) is 18.2 Å². The molecule has 0 aliphatic heterocycles. The molecule has 16 heavy (non-hydrogen) atoms. The van der Waals surface area contributed by atoms with Crippen LogP contribution in [-0.4, -0.2) is 11.4 Å². The number of hydrogen-bond acceptors (Lipinski definition) is 1. The molecule has 0 aliphatic rings. The first-order valence-electron chi connectivity index (χ1n) is 5.13. The zero-order chi connectivity index (χ0) is 12.3. The van der Waals surface area contributed by atoms with E-state index >= 15 is 0 Å². The monoisotopic (exact) mass is 259 g/mol. The van der Waals surface area contributed by atoms with E-state index in [0.29, 0.717) is 15.6 Å². The molecule has 1 aromatic carbocycles. The molecule has 0 heterocycles. The standard InChI is InChI=1S/C12H15Cl2NO/c1-4-12(2,3)15-11(16)9-6-5-8(13)7-10(9)14/h5-7H,4H2,1-3H3,(H,15,16). The number of hydrogen-bond donors (Lipinski definition) is 1. The fourth-order valence-corrected chi connectivity index (χ4v) is 1.63. The molecule has 0 bridgehead atoms. The Balaban J connectivity index is 2.89. The van der Waals surface area contributed by atoms with Gasteiger partial charge in [0, 0.05) is 10.6 Å². The van der Waals surface area contributed by atoms with Crippen LogP contribution in [0.4, 0.5) is 0 Å². The van der Waals surface area contributed by atoms with Crippen LogP contribution >= 0.6 is 23.2 Å². The maximum atomic E-state index is 11.9. The normalized spacial score (nSPS) is 11.3. The van der Waals surface area contributed by atoms with Gasteiger partial charge in [0.2, 0.25) is 0 Å². The minimum absolute atomic E-state index is 0.173. The van der Waals surface area contributed by atoms with Crippen molar-refractivity contribution >= 4 is 29.1 Å². The van der Waals surface area contributed by atoms with Crippen molar-refractivity contribution in [3.8, 4) is 0 Å². The quantitative estimate of drug-likeness (QED) is 0.877. The summed E-state index contributed by atoms with van der Waals surface area (Å²) >= 11 is 11.7. The Hall–Kier alpha value is -0.730. The topological polar surface area (TPSA) is 29.1 Å². The van der Waals surface area contributed by atoms with Crippen molar-refractivity contribution in [2.45, 2.75) is 32.7 Å². The van der Waals surface area contributed by atoms with Crippen molar-refractivity contribution in [2.24, 2.45) is 0 Å². The lowest BCUT2D eigenvalue weighted by Crippen LogP contribution is -2.42. The summed E-state index contributed by atoms with van der Waals surface area (Å²) in [6.07, 6.45) is 0.851. The van der Waals surface area contributed by atoms with Gasteiger partial charge in [-0.3, -0.25) is 4.79 Å². The molecule has 4 heteroatoms. The highest BCUT2D eigenvalue weighted by Crippen LogP contribution is 2.21. The first-order valence-corrected chi connectivity index (χ1v) is 5.89. The Labute approximate surface area is 106 Å². The van der Waals surface area contributed by atoms with Gasteiger partial charge in [-0.05, 0) is 38.5 Å². The minimum Gasteiger partial charge on any atom is -0.347 e. The summed E-state index contributed by atoms with van der Waals surface area (Å²) in [5.74, 6) is -0.173. The van der Waals surface area contributed by atoms with Gasteiger partial charge in [-0.15, -0.1) is 0 Å². The molecule has 0 saturated heterocycles. The third-order valence-electron chi connectivity index (χ3n) is 2.51. The van der Waals surface area contributed by atoms with Crippen molar-refractivity contribution in [3.05, 3.63) is 33.8 Å². The van der Waals surface area contributed by atoms with Crippen LogP contribution in [0.2, 0.25) is 10.0 Å². The molecule has 0 aromatic heterocycles. The minimum atomic E-state index is -0.236. The molecule has 0 atom stereocenters. The van der Waals surface area contributed by atoms with Gasteiger partial charge in [-0.2, -0.15) is 0 Å². The maximum absolute atomic E-state index is 11.9. The van der Waals surface area contributed by atoms with Gasteiger partial charge in [-0.1, -0.05) is 30.1 Å². The summed E-state index contributed by atoms with van der Waals surface area (Å²) in [6.45, 7) is 5.95. The lowest BCUT2D eigenvalue weighted by atomic mass is 10.0. The van der Waals surface area contributed by atoms with Gasteiger partial charge in [0.15, 0.2) is 0 Å². The molecule has 88 valence electrons. The van der Waals surface area contributed by atoms with E-state index in [0.717, 1.165) is 6.42 Å². The first-order chi connectivity index (χ1) is 7.35. The zero-order valence-corrected chi connectivity index (χ0v) is 11.1. The van der Waals surface area contributed by atoms with Crippen LogP contribution in [0.25, 0.3) is 0 Å². The number of halogens is 2. The lowest BCUT2D eigenvalue weighted by Gasteiger charge is -2.24. The molecule has 1 aromatic rings. The van der Waals surface area contributed by atoms with E-state index in [-0.39, 0.29) is 11.4 Å². The average Bonchev–Trinajstić information content (AvgIpc) is 2.16. The van der Waals surface area contributed by atoms with Crippen LogP contribution in [0.15, 0.2) is 18.2 Å². The molecule has 0 radical (unpaired) electrons. The first kappa shape index (κ1) is 13.3. The molecule has 0 fully saturated rings. The highest BCUT2D eigenvalue weighted by atomic mass is 35.5. The smallest absolute Gasteiger partial charge is 0.253 e. The number of nitrogens with one attached hydrogen (secondary N) is 1. The summed E-state index contributed by atoms with van der Waals surface area (Å²) in [5, 5.41) is 3.81. The van der Waals surface area contributed by atoms with E-state index < -0.39 is 0 Å². The average molecular weight is 260 g/mol. The van der Waals surface area contributed by atoms with Gasteiger partial charge in [0.25, 0.3) is 5.91 Å². The van der Waals surface area contributed by atoms with Crippen LogP contribution in [0.5, 0.6) is 0 Å². The second-order valence-electron chi connectivity index (χ2n) is 4.32. The van der Waals surface area contributed by atoms with Crippen molar-refractivity contribution < 1.29 is 4.79 Å². The molecule has 1 N–H and O–H groups in total. The van der Waals surface area contributed by atoms with E-state index in [1.807, 2.05) is 20.8 Å². The third kappa shape index (κ3) is 3.39. The summed E-state index contributed by atoms with van der Waals surface area (Å²) in [5.41, 5.74) is 0.215. The van der Waals surface area contributed by atoms with Crippen molar-refractivity contribution in [1.29, 1.82) is 0 Å². The van der Waals surface area contributed by atoms with Gasteiger partial charge >= 0.3 is 0 Å². The van der Waals surface area contributed by atoms with Crippen molar-refractivity contribution in [1.82, 2.24) is 5.32 Å². The largest absolute Gasteiger partial charge is 0.347 e. The Kier molecular flexibility index (Phi) is 4.22. The number of benzene rings is 1. The molecule has 1 rings (SSSR count). The maximum Gasteiger partial charge on any atom is 0.253 e. The van der Waals surface area contributed by atoms with E-state index in [9.17, 15) is 4.79 Å². The number of rotatable bonds is 3. The molecular formula is C12H15Cl2NO. The van der Waals surface area contributed by atoms with Crippen LogP contribution < -0.4 is 5.32 Å². The molecule has 1 amide bonds. The van der Waals surface area contributed by atoms with Gasteiger partial charge in [-0.25, -0.2) is 0 Å². The highest BCUT2D eigenvalue weighted by Gasteiger charge is 2.20. The number of carbonyl (C=O) groups is 1. The zero-order valence-electron chi connectivity index (χ0n) is 9.60. The number of amides is 1. The second kappa shape index (κ2) is 5.07. The fraction of sp³-hybridized carbons (Fsp3) is 0.417. The van der Waals surface area contributed by atoms with E-state index in [1.165, 1.54) is 0 Å². The lowest BCUT2D eigenvalue weighted by molar-refractivity contribution is 0.0911. The summed E-state index contributed by atoms with van der Waals surface area (Å²) in [6, 6.07) is 4.85. The van der Waals surface area contributed by atoms with Crippen LogP contribution in [-0.2, 0) is 0 Å². The summed E-state index contributed by atoms with van der Waals surface area (Å²) in [4.78, 5) is 11.9. The van der Waals surface area contributed by atoms with Crippen LogP contribution in [0.1, 0.15) is 37.6 Å². The van der Waals surface area contributed by atoms with Crippen molar-refractivity contribution in [2.75, 3.05) is 0 Å². The molecule has 0 spiro atoms. The Bertz CT molecular complexity index is 402. The van der Waals surface area contributed by atoms with E-state index in [2.05, 4.69) is 5.32 Å². The van der Waals surface area contributed by atoms with Crippen LogP contribution in [0.3, 0.4) is 0 Å². The fourth-order valence-electron chi connectivity index (χ4n) is 1.14. The molecule has 0 unspecified atom stereocenters. The van der Waals surface area contributed by atoms with Gasteiger partial charge in [0.1, 0.15) is 0 Å². The molecular weight excluding hydrogens is 245 g/mol. The Morgan fingerprint density at radius 3 is 2.50 bits per heavy atom. The Morgan fingerprint density at radius 1 is 1.38 bits per heavy atom. The molecule has 0 saturated carbocycles. The van der Waals surface area contributed by atoms with Crippen molar-refractivity contribution in [3.63, 3.8) is 0 Å². The molecule has 2 nitrogen and oxygen atoms in total. The van der Waals surface area contributed by atoms with Gasteiger partial charge < -0.3 is 5.32 Å². The number of carbonyl (C=O) groups excluding carboxylic acids is 1. The summed E-state index contributed by atoms with van der Waals surface area (Å²) < 4.78 is 0. The SMILES string of the molecule is CCC(C)(C)NC(=O)c1ccc(Cl)cc1Cl.